The number of nitrogens with one attached hydrogen (secondary N) is 2. The largest absolute Gasteiger partial charge is 0.481 e. The van der Waals surface area contributed by atoms with Crippen molar-refractivity contribution in [2.24, 2.45) is 5.41 Å². The van der Waals surface area contributed by atoms with Crippen LogP contribution in [0.4, 0.5) is 4.39 Å². The number of piperidine rings is 1. The SMILES string of the molecule is CC(Oc1cccc(F)c1)C(=O)NCC1(C)CCNCC1.Cl. The molecule has 0 spiro atoms. The van der Waals surface area contributed by atoms with E-state index in [0.29, 0.717) is 12.3 Å². The maximum absolute atomic E-state index is 13.1. The lowest BCUT2D eigenvalue weighted by atomic mass is 9.81. The van der Waals surface area contributed by atoms with E-state index in [1.54, 1.807) is 19.1 Å². The molecule has 1 amide bonds. The standard InChI is InChI=1S/C16H23FN2O2.ClH/c1-12(21-14-5-3-4-13(17)10-14)15(20)19-11-16(2)6-8-18-9-7-16;/h3-5,10,12,18H,6-9,11H2,1-2H3,(H,19,20);1H. The van der Waals surface area contributed by atoms with Gasteiger partial charge in [-0.15, -0.1) is 12.4 Å². The Bertz CT molecular complexity index is 493. The smallest absolute Gasteiger partial charge is 0.260 e. The third-order valence-electron chi connectivity index (χ3n) is 3.98. The van der Waals surface area contributed by atoms with Crippen molar-refractivity contribution in [2.45, 2.75) is 32.8 Å². The summed E-state index contributed by atoms with van der Waals surface area (Å²) in [6.07, 6.45) is 1.45. The fourth-order valence-electron chi connectivity index (χ4n) is 2.45. The van der Waals surface area contributed by atoms with E-state index >= 15 is 0 Å². The van der Waals surface area contributed by atoms with E-state index in [1.807, 2.05) is 0 Å². The van der Waals surface area contributed by atoms with Crippen LogP contribution >= 0.6 is 12.4 Å². The Kier molecular flexibility index (Phi) is 7.10. The van der Waals surface area contributed by atoms with Gasteiger partial charge in [0.15, 0.2) is 6.10 Å². The quantitative estimate of drug-likeness (QED) is 0.872. The molecule has 2 N–H and O–H groups in total. The van der Waals surface area contributed by atoms with Crippen molar-refractivity contribution in [1.29, 1.82) is 0 Å². The molecule has 2 rings (SSSR count). The summed E-state index contributed by atoms with van der Waals surface area (Å²) in [6.45, 7) is 6.48. The molecule has 1 aromatic carbocycles. The molecule has 0 aromatic heterocycles. The number of rotatable bonds is 5. The maximum Gasteiger partial charge on any atom is 0.260 e. The first-order valence-electron chi connectivity index (χ1n) is 7.39. The van der Waals surface area contributed by atoms with Crippen LogP contribution in [0.5, 0.6) is 5.75 Å². The van der Waals surface area contributed by atoms with Crippen molar-refractivity contribution in [3.05, 3.63) is 30.1 Å². The summed E-state index contributed by atoms with van der Waals surface area (Å²) in [5, 5.41) is 6.26. The Labute approximate surface area is 137 Å². The van der Waals surface area contributed by atoms with Gasteiger partial charge >= 0.3 is 0 Å². The highest BCUT2D eigenvalue weighted by molar-refractivity contribution is 5.85. The van der Waals surface area contributed by atoms with Crippen LogP contribution in [0.1, 0.15) is 26.7 Å². The van der Waals surface area contributed by atoms with Gasteiger partial charge in [-0.25, -0.2) is 4.39 Å². The van der Waals surface area contributed by atoms with Gasteiger partial charge in [0.1, 0.15) is 11.6 Å². The summed E-state index contributed by atoms with van der Waals surface area (Å²) in [5.74, 6) is -0.174. The molecule has 0 bridgehead atoms. The Hall–Kier alpha value is -1.33. The lowest BCUT2D eigenvalue weighted by Gasteiger charge is -2.34. The lowest BCUT2D eigenvalue weighted by Crippen LogP contribution is -2.45. The molecule has 1 saturated heterocycles. The van der Waals surface area contributed by atoms with Crippen LogP contribution in [0, 0.1) is 11.2 Å². The van der Waals surface area contributed by atoms with Crippen molar-refractivity contribution in [2.75, 3.05) is 19.6 Å². The van der Waals surface area contributed by atoms with Crippen molar-refractivity contribution >= 4 is 18.3 Å². The summed E-state index contributed by atoms with van der Waals surface area (Å²) in [5.41, 5.74) is 0.138. The summed E-state index contributed by atoms with van der Waals surface area (Å²) < 4.78 is 18.5. The summed E-state index contributed by atoms with van der Waals surface area (Å²) in [4.78, 5) is 12.1. The van der Waals surface area contributed by atoms with E-state index in [4.69, 9.17) is 4.74 Å². The Balaban J connectivity index is 0.00000242. The van der Waals surface area contributed by atoms with Crippen LogP contribution in [-0.2, 0) is 4.79 Å². The predicted molar refractivity (Wildman–Crippen MR) is 87.0 cm³/mol. The average Bonchev–Trinajstić information content (AvgIpc) is 2.45. The molecule has 0 radical (unpaired) electrons. The second kappa shape index (κ2) is 8.34. The van der Waals surface area contributed by atoms with Gasteiger partial charge in [-0.05, 0) is 50.4 Å². The number of hydrogen-bond acceptors (Lipinski definition) is 3. The highest BCUT2D eigenvalue weighted by Gasteiger charge is 2.28. The van der Waals surface area contributed by atoms with Gasteiger partial charge < -0.3 is 15.4 Å². The molecule has 1 heterocycles. The van der Waals surface area contributed by atoms with Gasteiger partial charge in [-0.3, -0.25) is 4.79 Å². The first-order valence-corrected chi connectivity index (χ1v) is 7.39. The number of hydrogen-bond donors (Lipinski definition) is 2. The summed E-state index contributed by atoms with van der Waals surface area (Å²) >= 11 is 0. The van der Waals surface area contributed by atoms with Crippen molar-refractivity contribution < 1.29 is 13.9 Å². The topological polar surface area (TPSA) is 50.4 Å². The number of amides is 1. The Morgan fingerprint density at radius 1 is 1.45 bits per heavy atom. The van der Waals surface area contributed by atoms with E-state index in [0.717, 1.165) is 25.9 Å². The van der Waals surface area contributed by atoms with Crippen LogP contribution in [-0.4, -0.2) is 31.6 Å². The van der Waals surface area contributed by atoms with Gasteiger partial charge in [-0.2, -0.15) is 0 Å². The normalized spacial score (nSPS) is 18.0. The van der Waals surface area contributed by atoms with Crippen LogP contribution in [0.3, 0.4) is 0 Å². The molecular formula is C16H24ClFN2O2. The van der Waals surface area contributed by atoms with Crippen molar-refractivity contribution in [1.82, 2.24) is 10.6 Å². The van der Waals surface area contributed by atoms with Crippen molar-refractivity contribution in [3.8, 4) is 5.75 Å². The van der Waals surface area contributed by atoms with E-state index in [9.17, 15) is 9.18 Å². The first kappa shape index (κ1) is 18.7. The monoisotopic (exact) mass is 330 g/mol. The van der Waals surface area contributed by atoms with Crippen LogP contribution < -0.4 is 15.4 Å². The molecule has 0 saturated carbocycles. The van der Waals surface area contributed by atoms with Gasteiger partial charge in [0.25, 0.3) is 5.91 Å². The zero-order valence-electron chi connectivity index (χ0n) is 13.0. The molecule has 1 atom stereocenters. The molecule has 22 heavy (non-hydrogen) atoms. The van der Waals surface area contributed by atoms with Crippen LogP contribution in [0.25, 0.3) is 0 Å². The van der Waals surface area contributed by atoms with E-state index < -0.39 is 6.10 Å². The molecule has 1 unspecified atom stereocenters. The summed E-state index contributed by atoms with van der Waals surface area (Å²) in [6, 6.07) is 5.82. The maximum atomic E-state index is 13.1. The van der Waals surface area contributed by atoms with Gasteiger partial charge in [-0.1, -0.05) is 13.0 Å². The molecule has 1 fully saturated rings. The lowest BCUT2D eigenvalue weighted by molar-refractivity contribution is -0.127. The van der Waals surface area contributed by atoms with E-state index in [-0.39, 0.29) is 29.5 Å². The molecule has 6 heteroatoms. The highest BCUT2D eigenvalue weighted by Crippen LogP contribution is 2.26. The van der Waals surface area contributed by atoms with Crippen LogP contribution in [0.2, 0.25) is 0 Å². The van der Waals surface area contributed by atoms with E-state index in [2.05, 4.69) is 17.6 Å². The minimum atomic E-state index is -0.642. The number of halogens is 2. The number of carbonyl (C=O) groups is 1. The fraction of sp³-hybridized carbons (Fsp3) is 0.562. The second-order valence-electron chi connectivity index (χ2n) is 6.00. The zero-order valence-corrected chi connectivity index (χ0v) is 13.8. The minimum Gasteiger partial charge on any atom is -0.481 e. The van der Waals surface area contributed by atoms with Gasteiger partial charge in [0, 0.05) is 12.6 Å². The Morgan fingerprint density at radius 2 is 2.14 bits per heavy atom. The van der Waals surface area contributed by atoms with Crippen LogP contribution in [0.15, 0.2) is 24.3 Å². The molecule has 1 aliphatic heterocycles. The van der Waals surface area contributed by atoms with Gasteiger partial charge in [0.05, 0.1) is 0 Å². The molecule has 124 valence electrons. The number of ether oxygens (including phenoxy) is 1. The average molecular weight is 331 g/mol. The molecule has 1 aliphatic rings. The fourth-order valence-corrected chi connectivity index (χ4v) is 2.45. The minimum absolute atomic E-state index is 0. The molecular weight excluding hydrogens is 307 g/mol. The molecule has 0 aliphatic carbocycles. The number of carbonyl (C=O) groups excluding carboxylic acids is 1. The Morgan fingerprint density at radius 3 is 2.77 bits per heavy atom. The third kappa shape index (κ3) is 5.46. The van der Waals surface area contributed by atoms with Crippen molar-refractivity contribution in [3.63, 3.8) is 0 Å². The predicted octanol–water partition coefficient (Wildman–Crippen LogP) is 2.52. The van der Waals surface area contributed by atoms with E-state index in [1.165, 1.54) is 12.1 Å². The third-order valence-corrected chi connectivity index (χ3v) is 3.98. The first-order chi connectivity index (χ1) is 9.98. The number of benzene rings is 1. The molecule has 4 nitrogen and oxygen atoms in total. The summed E-state index contributed by atoms with van der Waals surface area (Å²) in [7, 11) is 0. The highest BCUT2D eigenvalue weighted by atomic mass is 35.5. The van der Waals surface area contributed by atoms with Gasteiger partial charge in [0.2, 0.25) is 0 Å². The molecule has 1 aromatic rings. The zero-order chi connectivity index (χ0) is 15.3. The second-order valence-corrected chi connectivity index (χ2v) is 6.00.